The van der Waals surface area contributed by atoms with Gasteiger partial charge < -0.3 is 104 Å². The van der Waals surface area contributed by atoms with Crippen LogP contribution in [0.5, 0.6) is 0 Å². The molecule has 430 valence electrons. The molecule has 0 aromatic heterocycles. The number of carbonyl (C=O) groups is 1. The summed E-state index contributed by atoms with van der Waals surface area (Å²) in [4.78, 5) is 15.1. The Balaban J connectivity index is 0.934. The van der Waals surface area contributed by atoms with E-state index in [1.54, 1.807) is 0 Å². The SMILES string of the molecule is CC1OC(OC2C(OC3CCC4(C)C(CCC5(C)C4CC=C4C6CC(C)(C)CCC6(C(=O)OC6OC(CO)C(OC7OC(CO)C(O)C(O)C7O)C(O)C6O)CCC45C)C3(C)CO)OCC(O)C2O)C(O)C(O)C1O. The van der Waals surface area contributed by atoms with Gasteiger partial charge in [-0.25, -0.2) is 0 Å². The van der Waals surface area contributed by atoms with Gasteiger partial charge in [-0.3, -0.25) is 4.79 Å². The Labute approximate surface area is 437 Å². The second-order valence-electron chi connectivity index (χ2n) is 25.7. The second-order valence-corrected chi connectivity index (χ2v) is 25.7. The van der Waals surface area contributed by atoms with E-state index >= 15 is 4.79 Å². The van der Waals surface area contributed by atoms with Crippen molar-refractivity contribution in [3.8, 4) is 0 Å². The van der Waals surface area contributed by atoms with Crippen molar-refractivity contribution < 1.29 is 109 Å². The van der Waals surface area contributed by atoms with Crippen molar-refractivity contribution in [1.82, 2.24) is 0 Å². The topological polar surface area (TPSA) is 354 Å². The van der Waals surface area contributed by atoms with Crippen molar-refractivity contribution in [2.45, 2.75) is 235 Å². The predicted molar refractivity (Wildman–Crippen MR) is 257 cm³/mol. The number of fused-ring (bicyclic) bond motifs is 7. The quantitative estimate of drug-likeness (QED) is 0.0643. The summed E-state index contributed by atoms with van der Waals surface area (Å²) in [6.07, 6.45) is -21.1. The molecule has 28 unspecified atom stereocenters. The lowest BCUT2D eigenvalue weighted by Gasteiger charge is -2.71. The Kier molecular flexibility index (Phi) is 16.3. The first-order valence-corrected chi connectivity index (χ1v) is 27.3. The Morgan fingerprint density at radius 2 is 1.23 bits per heavy atom. The minimum atomic E-state index is -1.88. The number of rotatable bonds is 11. The standard InChI is InChI=1S/C53H86O22/c1-23-32(58)35(61)38(64)43(69-23)74-42-33(59)26(57)21-68-46(42)72-31-11-12-49(4)29(50(31,5)22-56)10-13-52(7)30(49)9-8-24-25-18-48(2,3)14-16-53(25,17-15-51(24,52)6)47(67)75-45-40(66)37(63)41(28(20-55)71-45)73-44-39(65)36(62)34(60)27(19-54)70-44/h8,23,25-46,54-66H,9-22H2,1-7H3. The minimum absolute atomic E-state index is 0.0432. The maximum atomic E-state index is 15.1. The van der Waals surface area contributed by atoms with E-state index in [2.05, 4.69) is 40.7 Å². The van der Waals surface area contributed by atoms with Gasteiger partial charge in [-0.05, 0) is 111 Å². The molecule has 28 atom stereocenters. The van der Waals surface area contributed by atoms with Crippen molar-refractivity contribution in [1.29, 1.82) is 0 Å². The highest BCUT2D eigenvalue weighted by Crippen LogP contribution is 2.76. The molecule has 4 aliphatic heterocycles. The number of allylic oxidation sites excluding steroid dienone is 2. The molecule has 0 amide bonds. The third-order valence-corrected chi connectivity index (χ3v) is 21.1. The summed E-state index contributed by atoms with van der Waals surface area (Å²) >= 11 is 0. The molecule has 4 heterocycles. The predicted octanol–water partition coefficient (Wildman–Crippen LogP) is -1.40. The third-order valence-electron chi connectivity index (χ3n) is 21.1. The fraction of sp³-hybridized carbons (Fsp3) is 0.943. The maximum Gasteiger partial charge on any atom is 0.315 e. The van der Waals surface area contributed by atoms with Gasteiger partial charge in [0.15, 0.2) is 18.9 Å². The van der Waals surface area contributed by atoms with Crippen LogP contribution in [-0.4, -0.2) is 222 Å². The number of hydrogen-bond acceptors (Lipinski definition) is 22. The molecule has 9 aliphatic rings. The van der Waals surface area contributed by atoms with E-state index in [9.17, 15) is 66.4 Å². The van der Waals surface area contributed by atoms with E-state index in [4.69, 9.17) is 37.9 Å². The number of carbonyl (C=O) groups excluding carboxylic acids is 1. The van der Waals surface area contributed by atoms with E-state index in [1.165, 1.54) is 12.5 Å². The molecule has 4 saturated carbocycles. The van der Waals surface area contributed by atoms with Gasteiger partial charge >= 0.3 is 5.97 Å². The average Bonchev–Trinajstić information content (AvgIpc) is 3.44. The van der Waals surface area contributed by atoms with Crippen LogP contribution >= 0.6 is 0 Å². The zero-order valence-electron chi connectivity index (χ0n) is 44.2. The number of hydrogen-bond donors (Lipinski definition) is 13. The molecule has 5 aliphatic carbocycles. The van der Waals surface area contributed by atoms with Gasteiger partial charge in [-0.15, -0.1) is 0 Å². The van der Waals surface area contributed by atoms with Gasteiger partial charge in [0.1, 0.15) is 85.5 Å². The van der Waals surface area contributed by atoms with Gasteiger partial charge in [-0.1, -0.05) is 53.2 Å². The lowest BCUT2D eigenvalue weighted by atomic mass is 9.33. The van der Waals surface area contributed by atoms with Crippen LogP contribution in [0.25, 0.3) is 0 Å². The number of aliphatic hydroxyl groups excluding tert-OH is 13. The fourth-order valence-electron chi connectivity index (χ4n) is 16.2. The summed E-state index contributed by atoms with van der Waals surface area (Å²) in [5.41, 5.74) is -1.70. The summed E-state index contributed by atoms with van der Waals surface area (Å²) in [6, 6.07) is 0. The van der Waals surface area contributed by atoms with Gasteiger partial charge in [0, 0.05) is 5.41 Å². The van der Waals surface area contributed by atoms with E-state index in [1.807, 2.05) is 6.92 Å². The molecule has 4 saturated heterocycles. The molecule has 0 bridgehead atoms. The summed E-state index contributed by atoms with van der Waals surface area (Å²) in [5, 5.41) is 139. The molecule has 13 N–H and O–H groups in total. The van der Waals surface area contributed by atoms with E-state index in [-0.39, 0.29) is 52.6 Å². The average molecular weight is 1080 g/mol. The van der Waals surface area contributed by atoms with Crippen molar-refractivity contribution in [3.63, 3.8) is 0 Å². The van der Waals surface area contributed by atoms with Crippen LogP contribution < -0.4 is 0 Å². The monoisotopic (exact) mass is 1070 g/mol. The van der Waals surface area contributed by atoms with Gasteiger partial charge in [-0.2, -0.15) is 0 Å². The smallest absolute Gasteiger partial charge is 0.315 e. The zero-order chi connectivity index (χ0) is 54.7. The highest BCUT2D eigenvalue weighted by Gasteiger charge is 2.71. The maximum absolute atomic E-state index is 15.1. The molecular formula is C53H86O22. The minimum Gasteiger partial charge on any atom is -0.432 e. The number of aliphatic hydroxyl groups is 13. The molecule has 0 aromatic carbocycles. The van der Waals surface area contributed by atoms with Gasteiger partial charge in [0.05, 0.1) is 44.1 Å². The lowest BCUT2D eigenvalue weighted by Crippen LogP contribution is -2.67. The largest absolute Gasteiger partial charge is 0.432 e. The van der Waals surface area contributed by atoms with Crippen LogP contribution in [0.2, 0.25) is 0 Å². The Hall–Kier alpha value is -1.59. The third kappa shape index (κ3) is 9.40. The summed E-state index contributed by atoms with van der Waals surface area (Å²) in [7, 11) is 0. The molecule has 22 heteroatoms. The first kappa shape index (κ1) is 58.1. The van der Waals surface area contributed by atoms with Crippen molar-refractivity contribution >= 4 is 5.97 Å². The molecule has 22 nitrogen and oxygen atoms in total. The van der Waals surface area contributed by atoms with Crippen molar-refractivity contribution in [2.75, 3.05) is 26.4 Å². The Morgan fingerprint density at radius 3 is 1.89 bits per heavy atom. The van der Waals surface area contributed by atoms with Crippen molar-refractivity contribution in [3.05, 3.63) is 11.6 Å². The summed E-state index contributed by atoms with van der Waals surface area (Å²) < 4.78 is 47.8. The molecule has 8 fully saturated rings. The Bertz CT molecular complexity index is 2060. The zero-order valence-corrected chi connectivity index (χ0v) is 44.2. The van der Waals surface area contributed by atoms with Crippen LogP contribution in [0.15, 0.2) is 11.6 Å². The summed E-state index contributed by atoms with van der Waals surface area (Å²) in [5.74, 6) is -0.732. The first-order valence-electron chi connectivity index (χ1n) is 27.3. The summed E-state index contributed by atoms with van der Waals surface area (Å²) in [6.45, 7) is 13.0. The van der Waals surface area contributed by atoms with Gasteiger partial charge in [0.25, 0.3) is 0 Å². The van der Waals surface area contributed by atoms with E-state index in [0.29, 0.717) is 38.5 Å². The fourth-order valence-corrected chi connectivity index (χ4v) is 16.2. The van der Waals surface area contributed by atoms with Crippen LogP contribution in [0.1, 0.15) is 113 Å². The molecule has 0 radical (unpaired) electrons. The van der Waals surface area contributed by atoms with Crippen LogP contribution in [-0.2, 0) is 42.7 Å². The highest BCUT2D eigenvalue weighted by molar-refractivity contribution is 5.79. The second kappa shape index (κ2) is 21.1. The number of ether oxygens (including phenoxy) is 8. The molecule has 9 rings (SSSR count). The molecule has 0 aromatic rings. The van der Waals surface area contributed by atoms with E-state index < -0.39 is 153 Å². The highest BCUT2D eigenvalue weighted by atomic mass is 16.8. The van der Waals surface area contributed by atoms with Gasteiger partial charge in [0.2, 0.25) is 6.29 Å². The normalized spacial score (nSPS) is 54.8. The molecule has 75 heavy (non-hydrogen) atoms. The molecule has 0 spiro atoms. The molecular weight excluding hydrogens is 989 g/mol. The first-order chi connectivity index (χ1) is 35.2. The lowest BCUT2D eigenvalue weighted by molar-refractivity contribution is -0.365. The number of esters is 1. The van der Waals surface area contributed by atoms with E-state index in [0.717, 1.165) is 25.7 Å². The Morgan fingerprint density at radius 1 is 0.613 bits per heavy atom. The van der Waals surface area contributed by atoms with Crippen molar-refractivity contribution in [2.24, 2.45) is 50.2 Å². The van der Waals surface area contributed by atoms with Crippen LogP contribution in [0, 0.1) is 50.2 Å². The van der Waals surface area contributed by atoms with Crippen LogP contribution in [0.4, 0.5) is 0 Å². The van der Waals surface area contributed by atoms with Crippen LogP contribution in [0.3, 0.4) is 0 Å².